The van der Waals surface area contributed by atoms with Crippen molar-refractivity contribution in [3.63, 3.8) is 0 Å². The van der Waals surface area contributed by atoms with Gasteiger partial charge in [0.15, 0.2) is 34.5 Å². The van der Waals surface area contributed by atoms with Crippen LogP contribution in [0.1, 0.15) is 322 Å². The maximum absolute atomic E-state index is 10.7. The molecule has 3 atom stereocenters. The van der Waals surface area contributed by atoms with Crippen LogP contribution < -0.4 is 38.1 Å². The maximum atomic E-state index is 10.7. The van der Waals surface area contributed by atoms with Crippen LogP contribution in [0.25, 0.3) is 55.6 Å². The Labute approximate surface area is 784 Å². The fourth-order valence-corrected chi connectivity index (χ4v) is 20.3. The fourth-order valence-electron chi connectivity index (χ4n) is 20.3. The molecule has 10 aromatic rings. The molecule has 3 unspecified atom stereocenters. The monoisotopic (exact) mass is 1750 g/mol. The fraction of sp³-hybridized carbons (Fsp3) is 0.438. The Bertz CT molecular complexity index is 5630. The summed E-state index contributed by atoms with van der Waals surface area (Å²) in [5, 5.41) is 20.7. The van der Waals surface area contributed by atoms with Gasteiger partial charge < -0.3 is 48.3 Å². The van der Waals surface area contributed by atoms with E-state index in [0.717, 1.165) is 237 Å². The lowest BCUT2D eigenvalue weighted by atomic mass is 9.67. The summed E-state index contributed by atoms with van der Waals surface area (Å²) in [6, 6.07) is 69.1. The summed E-state index contributed by atoms with van der Waals surface area (Å²) in [5.41, 5.74) is 22.6. The average Bonchev–Trinajstić information content (AvgIpc) is 1.50. The smallest absolute Gasteiger partial charge is 0.182 e. The van der Waals surface area contributed by atoms with E-state index in [1.54, 1.807) is 6.92 Å². The van der Waals surface area contributed by atoms with Crippen LogP contribution in [-0.4, -0.2) is 62.0 Å². The summed E-state index contributed by atoms with van der Waals surface area (Å²) in [6.45, 7) is 21.2. The minimum atomic E-state index is -0.930. The lowest BCUT2D eigenvalue weighted by Crippen LogP contribution is -2.28. The van der Waals surface area contributed by atoms with Gasteiger partial charge in [-0.2, -0.15) is 0 Å². The van der Waals surface area contributed by atoms with Crippen molar-refractivity contribution >= 4 is 11.4 Å². The van der Waals surface area contributed by atoms with Crippen LogP contribution in [-0.2, 0) is 10.8 Å². The van der Waals surface area contributed by atoms with Crippen molar-refractivity contribution in [3.05, 3.63) is 238 Å². The number of rotatable bonds is 53. The predicted octanol–water partition coefficient (Wildman–Crippen LogP) is 31.0. The van der Waals surface area contributed by atoms with Gasteiger partial charge in [0.1, 0.15) is 17.6 Å². The van der Waals surface area contributed by atoms with Crippen molar-refractivity contribution in [2.24, 2.45) is 0 Å². The lowest BCUT2D eigenvalue weighted by molar-refractivity contribution is 0.0834. The topological polar surface area (TPSA) is 108 Å². The van der Waals surface area contributed by atoms with Gasteiger partial charge in [0.2, 0.25) is 0 Å². The Morgan fingerprint density at radius 1 is 0.336 bits per heavy atom. The Balaban J connectivity index is 0.943. The van der Waals surface area contributed by atoms with E-state index in [0.29, 0.717) is 57.4 Å². The molecule has 684 valence electrons. The number of nitrogens with zero attached hydrogens (tertiary/aromatic N) is 1. The van der Waals surface area contributed by atoms with Gasteiger partial charge in [-0.05, 0) is 287 Å². The van der Waals surface area contributed by atoms with E-state index >= 15 is 0 Å². The zero-order chi connectivity index (χ0) is 91.2. The first-order valence-corrected chi connectivity index (χ1v) is 50.3. The second-order valence-corrected chi connectivity index (χ2v) is 37.1. The normalized spacial score (nSPS) is 13.9. The highest BCUT2D eigenvalue weighted by molar-refractivity contribution is 5.99. The minimum Gasteiger partial charge on any atom is -0.494 e. The van der Waals surface area contributed by atoms with Crippen molar-refractivity contribution < 1.29 is 43.4 Å². The SMILES string of the molecule is C#CC#CC#CC#COc1cc2c(cc1OCCCCCCCC)-c1cc(OCCCCCCCC)c(OCCCCCCCC)cc1C21c2cc(C)ccc2-c2ccc(-c3ccc4c(c3)C(c3ccc(OCCCCCCCC)cc3)(c3ccc(OCCCCCCCC)cc3)c3cc(-c5ccc6c(c5)Oc5cc(C)ccc5N6CCCCCC(O)CC(C)O)ccc3-4)cc21. The number of benzene rings is 10. The van der Waals surface area contributed by atoms with E-state index in [9.17, 15) is 10.2 Å². The molecule has 10 heteroatoms. The van der Waals surface area contributed by atoms with Gasteiger partial charge in [0, 0.05) is 24.3 Å². The average molecular weight is 1750 g/mol. The Kier molecular flexibility index (Phi) is 35.3. The van der Waals surface area contributed by atoms with Gasteiger partial charge in [-0.25, -0.2) is 0 Å². The number of aryl methyl sites for hydroxylation is 2. The molecule has 1 spiro atoms. The third kappa shape index (κ3) is 23.1. The molecule has 10 nitrogen and oxygen atoms in total. The zero-order valence-corrected chi connectivity index (χ0v) is 79.7. The highest BCUT2D eigenvalue weighted by atomic mass is 16.5. The molecule has 3 aliphatic carbocycles. The van der Waals surface area contributed by atoms with Crippen molar-refractivity contribution in [2.45, 2.75) is 303 Å². The highest BCUT2D eigenvalue weighted by Gasteiger charge is 2.54. The van der Waals surface area contributed by atoms with Crippen LogP contribution in [0.5, 0.6) is 46.0 Å². The van der Waals surface area contributed by atoms with Crippen molar-refractivity contribution in [1.29, 1.82) is 0 Å². The Morgan fingerprint density at radius 3 is 1.18 bits per heavy atom. The molecule has 4 aliphatic rings. The van der Waals surface area contributed by atoms with Gasteiger partial charge in [0.25, 0.3) is 0 Å². The molecular weight excluding hydrogens is 1610 g/mol. The van der Waals surface area contributed by atoms with Crippen molar-refractivity contribution in [3.8, 4) is 150 Å². The molecule has 1 heterocycles. The summed E-state index contributed by atoms with van der Waals surface area (Å²) < 4.78 is 48.5. The zero-order valence-electron chi connectivity index (χ0n) is 79.7. The Hall–Kier alpha value is -11.2. The Morgan fingerprint density at radius 2 is 0.695 bits per heavy atom. The largest absolute Gasteiger partial charge is 0.494 e. The van der Waals surface area contributed by atoms with Gasteiger partial charge in [-0.3, -0.25) is 0 Å². The summed E-state index contributed by atoms with van der Waals surface area (Å²) in [7, 11) is 0. The third-order valence-electron chi connectivity index (χ3n) is 27.2. The standard InChI is InChI=1S/C121H141NO9/c1-10-16-22-28-34-43-71-125-98-60-56-95(57-61-98)120(96-58-62-99(63-59-96)126-72-44-35-29-23-17-11-2)107-80-91(52-65-101(107)102-66-54-93(81-108(102)120)94-55-69-113-115(83-94)131-114-78-89(8)51-68-112(114)122(113)70-42-40-41-49-97(124)79-90(9)123)92-53-67-103-100-64-50-88(7)77-106(100)121(109(103)82-92)110-86-118(129-75-47-38-32-26-20-14-5)116(127-73-45-36-30-24-18-12-3)84-104(110)105-85-117(128-74-46-37-31-25-19-13-4)119(87-111(105)121)130-76-48-39-33-27-21-15-6/h5,50-69,77-78,80-87,90,97,123-124H,10-13,15-19,21-25,27-31,33-37,39-46,48-49,70-74,76,79H2,1-4,6-9H3. The van der Waals surface area contributed by atoms with Crippen LogP contribution in [0.15, 0.2) is 182 Å². The molecular formula is C121H141NO9. The number of aliphatic hydroxyl groups is 2. The molecule has 0 saturated carbocycles. The summed E-state index contributed by atoms with van der Waals surface area (Å²) in [4.78, 5) is 2.41. The lowest BCUT2D eigenvalue weighted by Gasteiger charge is -2.35. The second kappa shape index (κ2) is 48.2. The first-order chi connectivity index (χ1) is 64.3. The van der Waals surface area contributed by atoms with Gasteiger partial charge in [-0.15, -0.1) is 6.42 Å². The third-order valence-corrected chi connectivity index (χ3v) is 27.2. The molecule has 131 heavy (non-hydrogen) atoms. The number of hydrogen-bond donors (Lipinski definition) is 2. The van der Waals surface area contributed by atoms with Gasteiger partial charge in [-0.1, -0.05) is 305 Å². The maximum Gasteiger partial charge on any atom is 0.182 e. The van der Waals surface area contributed by atoms with E-state index in [-0.39, 0.29) is 0 Å². The molecule has 0 radical (unpaired) electrons. The quantitative estimate of drug-likeness (QED) is 0.0283. The number of unbranched alkanes of at least 4 members (excludes halogenated alkanes) is 27. The molecule has 0 aromatic heterocycles. The number of hydrogen-bond acceptors (Lipinski definition) is 10. The molecule has 1 aliphatic heterocycles. The number of fused-ring (bicyclic) bond motifs is 15. The van der Waals surface area contributed by atoms with Crippen molar-refractivity contribution in [2.75, 3.05) is 44.5 Å². The first kappa shape index (κ1) is 95.8. The van der Waals surface area contributed by atoms with Crippen LogP contribution >= 0.6 is 0 Å². The highest BCUT2D eigenvalue weighted by Crippen LogP contribution is 2.67. The van der Waals surface area contributed by atoms with Crippen LogP contribution in [0.2, 0.25) is 0 Å². The van der Waals surface area contributed by atoms with E-state index in [1.807, 2.05) is 0 Å². The molecule has 0 fully saturated rings. The summed E-state index contributed by atoms with van der Waals surface area (Å²) in [5.74, 6) is 22.2. The molecule has 14 rings (SSSR count). The van der Waals surface area contributed by atoms with Crippen LogP contribution in [0, 0.1) is 61.9 Å². The predicted molar refractivity (Wildman–Crippen MR) is 542 cm³/mol. The van der Waals surface area contributed by atoms with Crippen LogP contribution in [0.4, 0.5) is 11.4 Å². The molecule has 2 N–H and O–H groups in total. The van der Waals surface area contributed by atoms with E-state index in [4.69, 9.17) is 39.6 Å². The summed E-state index contributed by atoms with van der Waals surface area (Å²) in [6.07, 6.45) is 45.9. The van der Waals surface area contributed by atoms with E-state index in [2.05, 4.69) is 277 Å². The van der Waals surface area contributed by atoms with E-state index < -0.39 is 23.0 Å². The molecule has 0 amide bonds. The van der Waals surface area contributed by atoms with Gasteiger partial charge >= 0.3 is 0 Å². The molecule has 0 saturated heterocycles. The first-order valence-electron chi connectivity index (χ1n) is 50.3. The summed E-state index contributed by atoms with van der Waals surface area (Å²) >= 11 is 0. The number of terminal acetylenes is 1. The molecule has 10 aromatic carbocycles. The number of ether oxygens (including phenoxy) is 7. The van der Waals surface area contributed by atoms with Crippen molar-refractivity contribution in [1.82, 2.24) is 0 Å². The van der Waals surface area contributed by atoms with E-state index in [1.165, 1.54) is 139 Å². The van der Waals surface area contributed by atoms with Crippen LogP contribution in [0.3, 0.4) is 0 Å². The number of aliphatic hydroxyl groups excluding tert-OH is 2. The number of anilines is 2. The molecule has 0 bridgehead atoms. The minimum absolute atomic E-state index is 0.391. The second-order valence-electron chi connectivity index (χ2n) is 37.1. The van der Waals surface area contributed by atoms with Gasteiger partial charge in [0.05, 0.1) is 67.4 Å².